The van der Waals surface area contributed by atoms with Gasteiger partial charge in [0.1, 0.15) is 5.75 Å². The normalized spacial score (nSPS) is 23.1. The highest BCUT2D eigenvalue weighted by Crippen LogP contribution is 2.29. The Kier molecular flexibility index (Phi) is 5.08. The van der Waals surface area contributed by atoms with Gasteiger partial charge in [0, 0.05) is 12.1 Å². The first kappa shape index (κ1) is 14.2. The molecule has 0 bridgehead atoms. The third-order valence-electron chi connectivity index (χ3n) is 3.67. The average molecular weight is 262 g/mol. The second-order valence-corrected chi connectivity index (χ2v) is 5.62. The summed E-state index contributed by atoms with van der Waals surface area (Å²) in [5, 5.41) is 3.61. The Hall–Kier alpha value is -1.22. The molecule has 0 heterocycles. The Balaban J connectivity index is 2.05. The zero-order valence-corrected chi connectivity index (χ0v) is 12.1. The molecule has 1 aliphatic carbocycles. The summed E-state index contributed by atoms with van der Waals surface area (Å²) in [6.45, 7) is 4.99. The van der Waals surface area contributed by atoms with Gasteiger partial charge >= 0.3 is 0 Å². The molecular weight excluding hydrogens is 236 g/mol. The summed E-state index contributed by atoms with van der Waals surface area (Å²) >= 11 is 0. The van der Waals surface area contributed by atoms with Crippen molar-refractivity contribution >= 4 is 5.69 Å². The van der Waals surface area contributed by atoms with E-state index in [2.05, 4.69) is 37.4 Å². The molecule has 0 aromatic heterocycles. The molecule has 1 saturated carbocycles. The van der Waals surface area contributed by atoms with Gasteiger partial charge in [-0.15, -0.1) is 0 Å². The second kappa shape index (κ2) is 6.80. The predicted octanol–water partition coefficient (Wildman–Crippen LogP) is 3.47. The highest BCUT2D eigenvalue weighted by atomic mass is 16.5. The van der Waals surface area contributed by atoms with Crippen molar-refractivity contribution in [1.82, 2.24) is 0 Å². The van der Waals surface area contributed by atoms with Crippen LogP contribution in [-0.4, -0.2) is 18.7 Å². The van der Waals surface area contributed by atoms with Crippen LogP contribution < -0.4 is 15.8 Å². The Morgan fingerprint density at radius 1 is 1.37 bits per heavy atom. The number of rotatable bonds is 5. The average Bonchev–Trinajstić information content (AvgIpc) is 2.39. The van der Waals surface area contributed by atoms with E-state index in [0.29, 0.717) is 12.1 Å². The van der Waals surface area contributed by atoms with Gasteiger partial charge in [-0.1, -0.05) is 13.0 Å². The molecule has 19 heavy (non-hydrogen) atoms. The van der Waals surface area contributed by atoms with Crippen molar-refractivity contribution in [2.75, 3.05) is 11.9 Å². The second-order valence-electron chi connectivity index (χ2n) is 5.62. The zero-order valence-electron chi connectivity index (χ0n) is 12.1. The minimum atomic E-state index is 0.344. The molecule has 3 N–H and O–H groups in total. The zero-order chi connectivity index (χ0) is 13.7. The van der Waals surface area contributed by atoms with Gasteiger partial charge in [0.15, 0.2) is 0 Å². The van der Waals surface area contributed by atoms with Crippen LogP contribution in [0.1, 0.15) is 44.6 Å². The van der Waals surface area contributed by atoms with Gasteiger partial charge in [0.25, 0.3) is 0 Å². The molecule has 1 fully saturated rings. The first-order valence-corrected chi connectivity index (χ1v) is 7.44. The van der Waals surface area contributed by atoms with Crippen molar-refractivity contribution in [2.24, 2.45) is 5.73 Å². The highest BCUT2D eigenvalue weighted by molar-refractivity contribution is 5.58. The Bertz CT molecular complexity index is 406. The number of aryl methyl sites for hydroxylation is 1. The van der Waals surface area contributed by atoms with Crippen LogP contribution >= 0.6 is 0 Å². The van der Waals surface area contributed by atoms with Crippen LogP contribution in [0.15, 0.2) is 18.2 Å². The van der Waals surface area contributed by atoms with Crippen LogP contribution in [-0.2, 0) is 0 Å². The van der Waals surface area contributed by atoms with Gasteiger partial charge in [-0.3, -0.25) is 0 Å². The molecule has 3 nitrogen and oxygen atoms in total. The fourth-order valence-corrected chi connectivity index (χ4v) is 2.66. The molecule has 2 atom stereocenters. The molecular formula is C16H26N2O. The van der Waals surface area contributed by atoms with Gasteiger partial charge < -0.3 is 15.8 Å². The summed E-state index contributed by atoms with van der Waals surface area (Å²) in [4.78, 5) is 0. The monoisotopic (exact) mass is 262 g/mol. The Labute approximate surface area is 116 Å². The lowest BCUT2D eigenvalue weighted by Crippen LogP contribution is -2.34. The van der Waals surface area contributed by atoms with E-state index < -0.39 is 0 Å². The number of ether oxygens (including phenoxy) is 1. The largest absolute Gasteiger partial charge is 0.491 e. The Morgan fingerprint density at radius 3 is 2.95 bits per heavy atom. The molecule has 0 radical (unpaired) electrons. The number of hydrogen-bond acceptors (Lipinski definition) is 3. The van der Waals surface area contributed by atoms with E-state index in [0.717, 1.165) is 37.3 Å². The van der Waals surface area contributed by atoms with Crippen molar-refractivity contribution < 1.29 is 4.74 Å². The first-order chi connectivity index (χ1) is 9.19. The molecule has 1 aromatic rings. The molecule has 0 aliphatic heterocycles. The summed E-state index contributed by atoms with van der Waals surface area (Å²) in [5.41, 5.74) is 8.39. The maximum absolute atomic E-state index is 6.05. The standard InChI is InChI=1S/C16H26N2O/c1-3-9-19-16-10-12(2)7-8-15(16)18-14-6-4-5-13(17)11-14/h7-8,10,13-14,18H,3-6,9,11,17H2,1-2H3. The molecule has 0 spiro atoms. The van der Waals surface area contributed by atoms with Crippen LogP contribution in [0, 0.1) is 6.92 Å². The fourth-order valence-electron chi connectivity index (χ4n) is 2.66. The van der Waals surface area contributed by atoms with Gasteiger partial charge in [-0.25, -0.2) is 0 Å². The van der Waals surface area contributed by atoms with E-state index in [9.17, 15) is 0 Å². The number of nitrogens with two attached hydrogens (primary N) is 1. The molecule has 3 heteroatoms. The lowest BCUT2D eigenvalue weighted by Gasteiger charge is -2.29. The van der Waals surface area contributed by atoms with Crippen molar-refractivity contribution in [3.05, 3.63) is 23.8 Å². The van der Waals surface area contributed by atoms with Crippen molar-refractivity contribution in [2.45, 2.75) is 58.0 Å². The summed E-state index contributed by atoms with van der Waals surface area (Å²) in [6.07, 6.45) is 5.67. The highest BCUT2D eigenvalue weighted by Gasteiger charge is 2.19. The molecule has 2 unspecified atom stereocenters. The number of nitrogens with one attached hydrogen (secondary N) is 1. The van der Waals surface area contributed by atoms with Gasteiger partial charge in [-0.05, 0) is 56.7 Å². The van der Waals surface area contributed by atoms with E-state index in [1.165, 1.54) is 18.4 Å². The first-order valence-electron chi connectivity index (χ1n) is 7.44. The summed E-state index contributed by atoms with van der Waals surface area (Å²) in [5.74, 6) is 0.973. The van der Waals surface area contributed by atoms with E-state index in [1.807, 2.05) is 0 Å². The minimum absolute atomic E-state index is 0.344. The van der Waals surface area contributed by atoms with Crippen LogP contribution in [0.25, 0.3) is 0 Å². The molecule has 1 aromatic carbocycles. The third kappa shape index (κ3) is 4.13. The summed E-state index contributed by atoms with van der Waals surface area (Å²) < 4.78 is 5.84. The van der Waals surface area contributed by atoms with Crippen LogP contribution in [0.5, 0.6) is 5.75 Å². The van der Waals surface area contributed by atoms with Gasteiger partial charge in [0.2, 0.25) is 0 Å². The van der Waals surface area contributed by atoms with Gasteiger partial charge in [-0.2, -0.15) is 0 Å². The van der Waals surface area contributed by atoms with Crippen molar-refractivity contribution in [1.29, 1.82) is 0 Å². The van der Waals surface area contributed by atoms with Crippen LogP contribution in [0.3, 0.4) is 0 Å². The lowest BCUT2D eigenvalue weighted by atomic mass is 9.91. The van der Waals surface area contributed by atoms with Crippen LogP contribution in [0.4, 0.5) is 5.69 Å². The van der Waals surface area contributed by atoms with E-state index in [1.54, 1.807) is 0 Å². The SMILES string of the molecule is CCCOc1cc(C)ccc1NC1CCCC(N)C1. The fraction of sp³-hybridized carbons (Fsp3) is 0.625. The van der Waals surface area contributed by atoms with E-state index in [4.69, 9.17) is 10.5 Å². The number of benzene rings is 1. The predicted molar refractivity (Wildman–Crippen MR) is 80.8 cm³/mol. The summed E-state index contributed by atoms with van der Waals surface area (Å²) in [6, 6.07) is 7.19. The van der Waals surface area contributed by atoms with Gasteiger partial charge in [0.05, 0.1) is 12.3 Å². The van der Waals surface area contributed by atoms with Crippen LogP contribution in [0.2, 0.25) is 0 Å². The minimum Gasteiger partial charge on any atom is -0.491 e. The Morgan fingerprint density at radius 2 is 2.21 bits per heavy atom. The molecule has 1 aliphatic rings. The topological polar surface area (TPSA) is 47.3 Å². The summed E-state index contributed by atoms with van der Waals surface area (Å²) in [7, 11) is 0. The quantitative estimate of drug-likeness (QED) is 0.854. The third-order valence-corrected chi connectivity index (χ3v) is 3.67. The molecule has 0 saturated heterocycles. The molecule has 2 rings (SSSR count). The smallest absolute Gasteiger partial charge is 0.142 e. The van der Waals surface area contributed by atoms with E-state index in [-0.39, 0.29) is 0 Å². The molecule has 106 valence electrons. The number of hydrogen-bond donors (Lipinski definition) is 2. The van der Waals surface area contributed by atoms with Crippen molar-refractivity contribution in [3.63, 3.8) is 0 Å². The van der Waals surface area contributed by atoms with Crippen molar-refractivity contribution in [3.8, 4) is 5.75 Å². The maximum atomic E-state index is 6.05. The van der Waals surface area contributed by atoms with E-state index >= 15 is 0 Å². The maximum Gasteiger partial charge on any atom is 0.142 e. The molecule has 0 amide bonds. The lowest BCUT2D eigenvalue weighted by molar-refractivity contribution is 0.317. The number of anilines is 1.